The van der Waals surface area contributed by atoms with E-state index >= 15 is 0 Å². The van der Waals surface area contributed by atoms with Crippen LogP contribution in [-0.2, 0) is 13.6 Å². The highest BCUT2D eigenvalue weighted by Gasteiger charge is 2.30. The van der Waals surface area contributed by atoms with Crippen molar-refractivity contribution >= 4 is 11.3 Å². The number of hydrogen-bond acceptors (Lipinski definition) is 4. The van der Waals surface area contributed by atoms with Gasteiger partial charge in [-0.25, -0.2) is 9.97 Å². The van der Waals surface area contributed by atoms with E-state index in [0.717, 1.165) is 17.4 Å². The first kappa shape index (κ1) is 12.8. The van der Waals surface area contributed by atoms with Crippen LogP contribution in [0.1, 0.15) is 43.2 Å². The number of aromatic nitrogens is 3. The molecule has 0 radical (unpaired) electrons. The van der Waals surface area contributed by atoms with Crippen LogP contribution in [0.3, 0.4) is 0 Å². The molecule has 19 heavy (non-hydrogen) atoms. The maximum atomic E-state index is 4.85. The van der Waals surface area contributed by atoms with Gasteiger partial charge in [0.2, 0.25) is 0 Å². The number of aryl methyl sites for hydroxylation is 1. The Bertz CT molecular complexity index is 566. The number of nitrogens with zero attached hydrogens (tertiary/aromatic N) is 3. The van der Waals surface area contributed by atoms with Crippen molar-refractivity contribution in [3.63, 3.8) is 0 Å². The fourth-order valence-corrected chi connectivity index (χ4v) is 3.27. The number of imidazole rings is 1. The first-order chi connectivity index (χ1) is 9.15. The average molecular weight is 276 g/mol. The molecule has 2 heterocycles. The number of thiazole rings is 1. The molecule has 0 atom stereocenters. The summed E-state index contributed by atoms with van der Waals surface area (Å²) in [5.74, 6) is 1.66. The predicted molar refractivity (Wildman–Crippen MR) is 78.3 cm³/mol. The van der Waals surface area contributed by atoms with E-state index in [-0.39, 0.29) is 0 Å². The molecule has 0 spiro atoms. The molecule has 4 nitrogen and oxygen atoms in total. The molecule has 1 saturated carbocycles. The molecular formula is C14H20N4S. The van der Waals surface area contributed by atoms with Gasteiger partial charge in [0.05, 0.1) is 5.69 Å². The Kier molecular flexibility index (Phi) is 3.41. The summed E-state index contributed by atoms with van der Waals surface area (Å²) in [5, 5.41) is 4.55. The van der Waals surface area contributed by atoms with E-state index in [1.807, 2.05) is 24.0 Å². The molecule has 0 bridgehead atoms. The highest BCUT2D eigenvalue weighted by Crippen LogP contribution is 2.44. The van der Waals surface area contributed by atoms with Crippen molar-refractivity contribution in [2.75, 3.05) is 0 Å². The van der Waals surface area contributed by atoms with Crippen LogP contribution in [0.4, 0.5) is 0 Å². The van der Waals surface area contributed by atoms with Gasteiger partial charge in [0, 0.05) is 42.8 Å². The summed E-state index contributed by atoms with van der Waals surface area (Å²) >= 11 is 1.78. The fourth-order valence-electron chi connectivity index (χ4n) is 2.13. The van der Waals surface area contributed by atoms with Crippen molar-refractivity contribution < 1.29 is 0 Å². The minimum absolute atomic E-state index is 0.505. The van der Waals surface area contributed by atoms with Gasteiger partial charge < -0.3 is 9.88 Å². The summed E-state index contributed by atoms with van der Waals surface area (Å²) in [7, 11) is 2.02. The summed E-state index contributed by atoms with van der Waals surface area (Å²) in [4.78, 5) is 10.6. The Labute approximate surface area is 117 Å². The smallest absolute Gasteiger partial charge is 0.168 e. The molecule has 1 N–H and O–H groups in total. The lowest BCUT2D eigenvalue weighted by Crippen LogP contribution is -2.21. The summed E-state index contributed by atoms with van der Waals surface area (Å²) in [6.07, 6.45) is 6.38. The van der Waals surface area contributed by atoms with Crippen LogP contribution in [0.5, 0.6) is 0 Å². The minimum atomic E-state index is 0.505. The third-order valence-electron chi connectivity index (χ3n) is 3.37. The van der Waals surface area contributed by atoms with Crippen LogP contribution in [0.15, 0.2) is 12.4 Å². The third kappa shape index (κ3) is 2.72. The highest BCUT2D eigenvalue weighted by molar-refractivity contribution is 7.15. The third-order valence-corrected chi connectivity index (χ3v) is 4.44. The van der Waals surface area contributed by atoms with E-state index in [0.29, 0.717) is 12.0 Å². The van der Waals surface area contributed by atoms with E-state index in [2.05, 4.69) is 24.1 Å². The molecule has 0 amide bonds. The monoisotopic (exact) mass is 276 g/mol. The second kappa shape index (κ2) is 5.06. The normalized spacial score (nSPS) is 15.4. The van der Waals surface area contributed by atoms with Gasteiger partial charge in [-0.2, -0.15) is 0 Å². The van der Waals surface area contributed by atoms with E-state index in [1.54, 1.807) is 11.3 Å². The Morgan fingerprint density at radius 3 is 2.84 bits per heavy atom. The van der Waals surface area contributed by atoms with E-state index in [1.165, 1.54) is 23.4 Å². The molecule has 0 aromatic carbocycles. The molecule has 1 aliphatic carbocycles. The lowest BCUT2D eigenvalue weighted by Gasteiger charge is -2.06. The maximum absolute atomic E-state index is 4.85. The molecule has 102 valence electrons. The number of hydrogen-bond donors (Lipinski definition) is 1. The quantitative estimate of drug-likeness (QED) is 0.913. The van der Waals surface area contributed by atoms with Crippen LogP contribution in [0.2, 0.25) is 0 Å². The summed E-state index contributed by atoms with van der Waals surface area (Å²) in [6.45, 7) is 5.28. The molecular weight excluding hydrogens is 256 g/mol. The lowest BCUT2D eigenvalue weighted by atomic mass is 10.2. The van der Waals surface area contributed by atoms with Crippen molar-refractivity contribution in [3.05, 3.63) is 23.0 Å². The molecule has 2 aromatic heterocycles. The molecule has 0 unspecified atom stereocenters. The summed E-state index contributed by atoms with van der Waals surface area (Å²) in [6, 6.07) is 0.505. The lowest BCUT2D eigenvalue weighted by molar-refractivity contribution is 0.590. The van der Waals surface area contributed by atoms with Gasteiger partial charge in [-0.1, -0.05) is 13.8 Å². The first-order valence-corrected chi connectivity index (χ1v) is 7.67. The summed E-state index contributed by atoms with van der Waals surface area (Å²) in [5.41, 5.74) is 1.30. The van der Waals surface area contributed by atoms with E-state index in [9.17, 15) is 0 Å². The van der Waals surface area contributed by atoms with Crippen molar-refractivity contribution in [2.24, 2.45) is 7.05 Å². The van der Waals surface area contributed by atoms with Crippen molar-refractivity contribution in [3.8, 4) is 10.8 Å². The fraction of sp³-hybridized carbons (Fsp3) is 0.571. The largest absolute Gasteiger partial charge is 0.332 e. The van der Waals surface area contributed by atoms with Crippen LogP contribution < -0.4 is 5.32 Å². The average Bonchev–Trinajstić information content (AvgIpc) is 2.98. The van der Waals surface area contributed by atoms with E-state index in [4.69, 9.17) is 4.98 Å². The zero-order valence-corrected chi connectivity index (χ0v) is 12.5. The molecule has 5 heteroatoms. The van der Waals surface area contributed by atoms with Crippen LogP contribution >= 0.6 is 11.3 Å². The van der Waals surface area contributed by atoms with Gasteiger partial charge in [-0.05, 0) is 12.8 Å². The van der Waals surface area contributed by atoms with Crippen molar-refractivity contribution in [2.45, 2.75) is 45.2 Å². The zero-order valence-electron chi connectivity index (χ0n) is 11.7. The maximum Gasteiger partial charge on any atom is 0.168 e. The first-order valence-electron chi connectivity index (χ1n) is 6.86. The van der Waals surface area contributed by atoms with E-state index < -0.39 is 0 Å². The highest BCUT2D eigenvalue weighted by atomic mass is 32.1. The topological polar surface area (TPSA) is 42.7 Å². The molecule has 1 aliphatic rings. The number of nitrogens with one attached hydrogen (secondary N) is 1. The van der Waals surface area contributed by atoms with Crippen molar-refractivity contribution in [1.29, 1.82) is 0 Å². The molecule has 0 saturated heterocycles. The second-order valence-corrected chi connectivity index (χ2v) is 6.58. The Balaban J connectivity index is 1.90. The van der Waals surface area contributed by atoms with Crippen LogP contribution in [-0.4, -0.2) is 20.6 Å². The van der Waals surface area contributed by atoms with Crippen LogP contribution in [0.25, 0.3) is 10.8 Å². The minimum Gasteiger partial charge on any atom is -0.332 e. The summed E-state index contributed by atoms with van der Waals surface area (Å²) < 4.78 is 2.04. The van der Waals surface area contributed by atoms with Gasteiger partial charge >= 0.3 is 0 Å². The second-order valence-electron chi connectivity index (χ2n) is 5.50. The van der Waals surface area contributed by atoms with Crippen LogP contribution in [0, 0.1) is 0 Å². The zero-order chi connectivity index (χ0) is 13.4. The van der Waals surface area contributed by atoms with Gasteiger partial charge in [-0.15, -0.1) is 11.3 Å². The van der Waals surface area contributed by atoms with Gasteiger partial charge in [0.1, 0.15) is 0 Å². The predicted octanol–water partition coefficient (Wildman–Crippen LogP) is 2.92. The SMILES string of the molecule is CC(C)NCc1sc(-c2nccn2C)nc1C1CC1. The van der Waals surface area contributed by atoms with Gasteiger partial charge in [-0.3, -0.25) is 0 Å². The molecule has 1 fully saturated rings. The van der Waals surface area contributed by atoms with Crippen molar-refractivity contribution in [1.82, 2.24) is 19.9 Å². The standard InChI is InChI=1S/C14H20N4S/c1-9(2)16-8-11-12(10-4-5-10)17-14(19-11)13-15-6-7-18(13)3/h6-7,9-10,16H,4-5,8H2,1-3H3. The number of rotatable bonds is 5. The van der Waals surface area contributed by atoms with Gasteiger partial charge in [0.25, 0.3) is 0 Å². The molecule has 2 aromatic rings. The molecule has 0 aliphatic heterocycles. The van der Waals surface area contributed by atoms with Gasteiger partial charge in [0.15, 0.2) is 10.8 Å². The Hall–Kier alpha value is -1.20. The molecule has 3 rings (SSSR count). The Morgan fingerprint density at radius 1 is 1.47 bits per heavy atom. The Morgan fingerprint density at radius 2 is 2.26 bits per heavy atom.